The summed E-state index contributed by atoms with van der Waals surface area (Å²) < 4.78 is 4.78. The van der Waals surface area contributed by atoms with Gasteiger partial charge in [-0.1, -0.05) is 20.3 Å². The molecule has 0 aromatic rings. The van der Waals surface area contributed by atoms with Gasteiger partial charge in [-0.15, -0.1) is 0 Å². The second-order valence-corrected chi connectivity index (χ2v) is 3.64. The van der Waals surface area contributed by atoms with E-state index in [0.717, 1.165) is 25.9 Å². The van der Waals surface area contributed by atoms with Crippen molar-refractivity contribution in [3.05, 3.63) is 0 Å². The number of carbonyl (C=O) groups excluding carboxylic acids is 1. The lowest BCUT2D eigenvalue weighted by Crippen LogP contribution is -2.36. The molecule has 1 heterocycles. The average Bonchev–Trinajstić information content (AvgIpc) is 2.59. The van der Waals surface area contributed by atoms with E-state index in [1.165, 1.54) is 7.11 Å². The Morgan fingerprint density at radius 1 is 1.54 bits per heavy atom. The number of likely N-dealkylation sites (N-methyl/N-ethyl adjacent to an activating group) is 1. The summed E-state index contributed by atoms with van der Waals surface area (Å²) in [4.78, 5) is 13.6. The normalized spacial score (nSPS) is 29.2. The largest absolute Gasteiger partial charge is 0.468 e. The maximum absolute atomic E-state index is 11.4. The van der Waals surface area contributed by atoms with E-state index in [1.807, 2.05) is 0 Å². The molecule has 0 spiro atoms. The van der Waals surface area contributed by atoms with Gasteiger partial charge in [-0.05, 0) is 18.9 Å². The fourth-order valence-corrected chi connectivity index (χ4v) is 2.02. The molecule has 0 radical (unpaired) electrons. The van der Waals surface area contributed by atoms with Crippen LogP contribution in [-0.4, -0.2) is 37.1 Å². The molecular weight excluding hydrogens is 166 g/mol. The standard InChI is InChI=1S/C10H19NO2/c1-4-8-6-9(10(12)13-3)11(5-2)7-8/h8-9H,4-7H2,1-3H3. The molecule has 76 valence electrons. The molecule has 0 aliphatic carbocycles. The van der Waals surface area contributed by atoms with Gasteiger partial charge in [-0.2, -0.15) is 0 Å². The van der Waals surface area contributed by atoms with Crippen molar-refractivity contribution >= 4 is 5.97 Å². The van der Waals surface area contributed by atoms with Crippen LogP contribution in [0.15, 0.2) is 0 Å². The molecule has 0 aromatic carbocycles. The Labute approximate surface area is 80.1 Å². The van der Waals surface area contributed by atoms with Gasteiger partial charge in [0.05, 0.1) is 7.11 Å². The third-order valence-electron chi connectivity index (χ3n) is 2.95. The fraction of sp³-hybridized carbons (Fsp3) is 0.900. The molecule has 0 amide bonds. The van der Waals surface area contributed by atoms with Gasteiger partial charge >= 0.3 is 5.97 Å². The molecule has 1 rings (SSSR count). The molecule has 3 heteroatoms. The highest BCUT2D eigenvalue weighted by Gasteiger charge is 2.35. The molecule has 1 saturated heterocycles. The van der Waals surface area contributed by atoms with Crippen molar-refractivity contribution in [3.63, 3.8) is 0 Å². The van der Waals surface area contributed by atoms with Crippen LogP contribution in [0.1, 0.15) is 26.7 Å². The quantitative estimate of drug-likeness (QED) is 0.620. The number of nitrogens with zero attached hydrogens (tertiary/aromatic N) is 1. The first-order chi connectivity index (χ1) is 6.22. The molecule has 0 aromatic heterocycles. The Bertz CT molecular complexity index is 182. The average molecular weight is 185 g/mol. The van der Waals surface area contributed by atoms with E-state index in [1.54, 1.807) is 0 Å². The maximum atomic E-state index is 11.4. The summed E-state index contributed by atoms with van der Waals surface area (Å²) >= 11 is 0. The van der Waals surface area contributed by atoms with Crippen LogP contribution < -0.4 is 0 Å². The molecule has 1 aliphatic heterocycles. The Morgan fingerprint density at radius 3 is 2.69 bits per heavy atom. The SMILES string of the molecule is CCC1CC(C(=O)OC)N(CC)C1. The van der Waals surface area contributed by atoms with Crippen LogP contribution in [0.2, 0.25) is 0 Å². The third kappa shape index (κ3) is 2.21. The van der Waals surface area contributed by atoms with Crippen LogP contribution >= 0.6 is 0 Å². The topological polar surface area (TPSA) is 29.5 Å². The Morgan fingerprint density at radius 2 is 2.23 bits per heavy atom. The van der Waals surface area contributed by atoms with Gasteiger partial charge in [0.25, 0.3) is 0 Å². The molecule has 1 aliphatic rings. The Kier molecular flexibility index (Phi) is 3.72. The smallest absolute Gasteiger partial charge is 0.323 e. The van der Waals surface area contributed by atoms with E-state index in [-0.39, 0.29) is 12.0 Å². The van der Waals surface area contributed by atoms with Gasteiger partial charge in [0.15, 0.2) is 0 Å². The van der Waals surface area contributed by atoms with Crippen molar-refractivity contribution in [1.29, 1.82) is 0 Å². The summed E-state index contributed by atoms with van der Waals surface area (Å²) in [5.74, 6) is 0.599. The van der Waals surface area contributed by atoms with E-state index in [9.17, 15) is 4.79 Å². The zero-order valence-electron chi connectivity index (χ0n) is 8.75. The van der Waals surface area contributed by atoms with Crippen LogP contribution in [0, 0.1) is 5.92 Å². The number of hydrogen-bond acceptors (Lipinski definition) is 3. The van der Waals surface area contributed by atoms with Crippen LogP contribution in [0.4, 0.5) is 0 Å². The Balaban J connectivity index is 2.57. The summed E-state index contributed by atoms with van der Waals surface area (Å²) in [5.41, 5.74) is 0. The minimum absolute atomic E-state index is 0.0138. The highest BCUT2D eigenvalue weighted by atomic mass is 16.5. The number of rotatable bonds is 3. The van der Waals surface area contributed by atoms with E-state index in [4.69, 9.17) is 4.74 Å². The second kappa shape index (κ2) is 4.61. The molecule has 0 N–H and O–H groups in total. The third-order valence-corrected chi connectivity index (χ3v) is 2.95. The van der Waals surface area contributed by atoms with Crippen molar-refractivity contribution in [2.45, 2.75) is 32.7 Å². The Hall–Kier alpha value is -0.570. The molecule has 0 bridgehead atoms. The monoisotopic (exact) mass is 185 g/mol. The number of likely N-dealkylation sites (tertiary alicyclic amines) is 1. The summed E-state index contributed by atoms with van der Waals surface area (Å²) in [7, 11) is 1.47. The predicted octanol–water partition coefficient (Wildman–Crippen LogP) is 1.28. The molecule has 1 fully saturated rings. The predicted molar refractivity (Wildman–Crippen MR) is 51.4 cm³/mol. The minimum atomic E-state index is -0.0715. The fourth-order valence-electron chi connectivity index (χ4n) is 2.02. The zero-order chi connectivity index (χ0) is 9.84. The number of carbonyl (C=O) groups is 1. The summed E-state index contributed by atoms with van der Waals surface area (Å²) in [5, 5.41) is 0. The summed E-state index contributed by atoms with van der Waals surface area (Å²) in [6, 6.07) is 0.0138. The van der Waals surface area contributed by atoms with Crippen molar-refractivity contribution in [3.8, 4) is 0 Å². The minimum Gasteiger partial charge on any atom is -0.468 e. The maximum Gasteiger partial charge on any atom is 0.323 e. The second-order valence-electron chi connectivity index (χ2n) is 3.64. The summed E-state index contributed by atoms with van der Waals surface area (Å²) in [6.07, 6.45) is 2.13. The van der Waals surface area contributed by atoms with Gasteiger partial charge in [-0.25, -0.2) is 0 Å². The van der Waals surface area contributed by atoms with Gasteiger partial charge < -0.3 is 4.74 Å². The van der Waals surface area contributed by atoms with Gasteiger partial charge in [0.1, 0.15) is 6.04 Å². The first-order valence-corrected chi connectivity index (χ1v) is 5.04. The number of ether oxygens (including phenoxy) is 1. The number of methoxy groups -OCH3 is 1. The lowest BCUT2D eigenvalue weighted by Gasteiger charge is -2.19. The zero-order valence-corrected chi connectivity index (χ0v) is 8.75. The lowest BCUT2D eigenvalue weighted by atomic mass is 10.0. The van der Waals surface area contributed by atoms with Gasteiger partial charge in [-0.3, -0.25) is 9.69 Å². The molecular formula is C10H19NO2. The van der Waals surface area contributed by atoms with Crippen LogP contribution in [-0.2, 0) is 9.53 Å². The first kappa shape index (κ1) is 10.5. The van der Waals surface area contributed by atoms with Crippen LogP contribution in [0.25, 0.3) is 0 Å². The summed E-state index contributed by atoms with van der Waals surface area (Å²) in [6.45, 7) is 6.26. The molecule has 3 nitrogen and oxygen atoms in total. The van der Waals surface area contributed by atoms with E-state index in [0.29, 0.717) is 5.92 Å². The van der Waals surface area contributed by atoms with E-state index < -0.39 is 0 Å². The van der Waals surface area contributed by atoms with Gasteiger partial charge in [0, 0.05) is 6.54 Å². The molecule has 2 atom stereocenters. The van der Waals surface area contributed by atoms with Gasteiger partial charge in [0.2, 0.25) is 0 Å². The highest BCUT2D eigenvalue weighted by Crippen LogP contribution is 2.25. The lowest BCUT2D eigenvalue weighted by molar-refractivity contribution is -0.145. The van der Waals surface area contributed by atoms with Crippen LogP contribution in [0.3, 0.4) is 0 Å². The van der Waals surface area contributed by atoms with Crippen molar-refractivity contribution in [2.75, 3.05) is 20.2 Å². The van der Waals surface area contributed by atoms with Crippen LogP contribution in [0.5, 0.6) is 0 Å². The molecule has 13 heavy (non-hydrogen) atoms. The first-order valence-electron chi connectivity index (χ1n) is 5.04. The highest BCUT2D eigenvalue weighted by molar-refractivity contribution is 5.76. The number of hydrogen-bond donors (Lipinski definition) is 0. The van der Waals surface area contributed by atoms with E-state index in [2.05, 4.69) is 18.7 Å². The van der Waals surface area contributed by atoms with Crippen molar-refractivity contribution in [2.24, 2.45) is 5.92 Å². The molecule has 2 unspecified atom stereocenters. The molecule has 0 saturated carbocycles. The van der Waals surface area contributed by atoms with E-state index >= 15 is 0 Å². The number of esters is 1. The van der Waals surface area contributed by atoms with Crippen molar-refractivity contribution < 1.29 is 9.53 Å². The van der Waals surface area contributed by atoms with Crippen molar-refractivity contribution in [1.82, 2.24) is 4.90 Å².